The molecule has 4 aromatic rings. The average molecular weight is 504 g/mol. The van der Waals surface area contributed by atoms with Crippen LogP contribution in [0.5, 0.6) is 0 Å². The number of aryl methyl sites for hydroxylation is 1. The fraction of sp³-hybridized carbons (Fsp3) is 0.250. The van der Waals surface area contributed by atoms with Gasteiger partial charge in [0, 0.05) is 11.6 Å². The normalized spacial score (nSPS) is 20.2. The number of fused-ring (bicyclic) bond motifs is 1. The molecular weight excluding hydrogens is 478 g/mol. The zero-order valence-corrected chi connectivity index (χ0v) is 20.5. The van der Waals surface area contributed by atoms with Gasteiger partial charge >= 0.3 is 0 Å². The van der Waals surface area contributed by atoms with Crippen LogP contribution in [0.1, 0.15) is 35.0 Å². The van der Waals surface area contributed by atoms with E-state index in [1.165, 1.54) is 9.47 Å². The first kappa shape index (κ1) is 24.2. The van der Waals surface area contributed by atoms with Crippen LogP contribution in [0.3, 0.4) is 0 Å². The van der Waals surface area contributed by atoms with Crippen LogP contribution in [0.25, 0.3) is 10.9 Å². The maximum atomic E-state index is 13.7. The highest BCUT2D eigenvalue weighted by Crippen LogP contribution is 2.33. The fourth-order valence-corrected chi connectivity index (χ4v) is 4.86. The molecule has 3 unspecified atom stereocenters. The van der Waals surface area contributed by atoms with E-state index in [1.54, 1.807) is 18.2 Å². The molecule has 1 aromatic heterocycles. The number of carbonyl (C=O) groups is 1. The Morgan fingerprint density at radius 3 is 2.36 bits per heavy atom. The van der Waals surface area contributed by atoms with E-state index in [9.17, 15) is 19.8 Å². The van der Waals surface area contributed by atoms with Crippen LogP contribution in [-0.2, 0) is 17.9 Å². The summed E-state index contributed by atoms with van der Waals surface area (Å²) in [4.78, 5) is 33.2. The molecule has 1 aliphatic heterocycles. The van der Waals surface area contributed by atoms with E-state index < -0.39 is 18.2 Å². The van der Waals surface area contributed by atoms with Gasteiger partial charge in [-0.2, -0.15) is 0 Å². The van der Waals surface area contributed by atoms with Gasteiger partial charge in [-0.25, -0.2) is 4.98 Å². The van der Waals surface area contributed by atoms with Gasteiger partial charge in [0.05, 0.1) is 30.0 Å². The van der Waals surface area contributed by atoms with Gasteiger partial charge in [-0.15, -0.1) is 0 Å². The van der Waals surface area contributed by atoms with Gasteiger partial charge in [0.1, 0.15) is 18.0 Å². The molecule has 1 aliphatic rings. The number of amides is 1. The Labute approximate surface area is 213 Å². The number of piperidine rings is 1. The Kier molecular flexibility index (Phi) is 6.62. The first-order valence-electron chi connectivity index (χ1n) is 11.8. The van der Waals surface area contributed by atoms with E-state index >= 15 is 0 Å². The van der Waals surface area contributed by atoms with Crippen molar-refractivity contribution in [2.45, 2.75) is 44.7 Å². The maximum Gasteiger partial charge on any atom is 0.261 e. The second-order valence-electron chi connectivity index (χ2n) is 9.22. The highest BCUT2D eigenvalue weighted by atomic mass is 35.5. The van der Waals surface area contributed by atoms with Crippen LogP contribution >= 0.6 is 11.6 Å². The molecule has 1 amide bonds. The van der Waals surface area contributed by atoms with Crippen molar-refractivity contribution in [1.82, 2.24) is 14.5 Å². The van der Waals surface area contributed by atoms with Crippen LogP contribution in [0.2, 0.25) is 5.02 Å². The summed E-state index contributed by atoms with van der Waals surface area (Å²) in [6.07, 6.45) is -2.83. The van der Waals surface area contributed by atoms with E-state index in [0.29, 0.717) is 15.9 Å². The SMILES string of the molecule is Cc1ccc(CN2C(=O)CC(O)C(O)C2c2nc3cc(Cl)ccc3c(=O)n2Cc2ccccc2)cc1. The smallest absolute Gasteiger partial charge is 0.261 e. The summed E-state index contributed by atoms with van der Waals surface area (Å²) < 4.78 is 1.48. The quantitative estimate of drug-likeness (QED) is 0.434. The minimum absolute atomic E-state index is 0.187. The van der Waals surface area contributed by atoms with E-state index in [0.717, 1.165) is 16.7 Å². The van der Waals surface area contributed by atoms with Crippen LogP contribution in [-0.4, -0.2) is 42.8 Å². The summed E-state index contributed by atoms with van der Waals surface area (Å²) in [5, 5.41) is 22.5. The third kappa shape index (κ3) is 4.65. The molecule has 2 N–H and O–H groups in total. The lowest BCUT2D eigenvalue weighted by Crippen LogP contribution is -2.53. The molecule has 0 saturated carbocycles. The fourth-order valence-electron chi connectivity index (χ4n) is 4.69. The monoisotopic (exact) mass is 503 g/mol. The molecule has 1 saturated heterocycles. The number of hydrogen-bond acceptors (Lipinski definition) is 5. The summed E-state index contributed by atoms with van der Waals surface area (Å²) >= 11 is 6.20. The highest BCUT2D eigenvalue weighted by Gasteiger charge is 2.44. The lowest BCUT2D eigenvalue weighted by molar-refractivity contribution is -0.155. The molecular formula is C28H26ClN3O4. The zero-order chi connectivity index (χ0) is 25.4. The van der Waals surface area contributed by atoms with Gasteiger partial charge < -0.3 is 15.1 Å². The Balaban J connectivity index is 1.70. The molecule has 2 heterocycles. The number of aliphatic hydroxyl groups excluding tert-OH is 2. The van der Waals surface area contributed by atoms with Crippen molar-refractivity contribution in [1.29, 1.82) is 0 Å². The number of aliphatic hydroxyl groups is 2. The van der Waals surface area contributed by atoms with Crippen molar-refractivity contribution in [3.05, 3.63) is 111 Å². The molecule has 0 aliphatic carbocycles. The lowest BCUT2D eigenvalue weighted by atomic mass is 9.93. The minimum atomic E-state index is -1.33. The van der Waals surface area contributed by atoms with Crippen LogP contribution in [0, 0.1) is 6.92 Å². The Morgan fingerprint density at radius 2 is 1.64 bits per heavy atom. The number of hydrogen-bond donors (Lipinski definition) is 2. The summed E-state index contributed by atoms with van der Waals surface area (Å²) in [6.45, 7) is 2.36. The van der Waals surface area contributed by atoms with Crippen LogP contribution in [0.15, 0.2) is 77.6 Å². The van der Waals surface area contributed by atoms with Gasteiger partial charge in [0.2, 0.25) is 5.91 Å². The molecule has 7 nitrogen and oxygen atoms in total. The molecule has 3 aromatic carbocycles. The number of carbonyl (C=O) groups excluding carboxylic acids is 1. The van der Waals surface area contributed by atoms with Crippen molar-refractivity contribution in [3.63, 3.8) is 0 Å². The summed E-state index contributed by atoms with van der Waals surface area (Å²) in [6, 6.07) is 21.0. The van der Waals surface area contributed by atoms with Crippen LogP contribution < -0.4 is 5.56 Å². The van der Waals surface area contributed by atoms with Gasteiger partial charge in [-0.05, 0) is 36.2 Å². The second kappa shape index (κ2) is 9.85. The van der Waals surface area contributed by atoms with E-state index in [4.69, 9.17) is 16.6 Å². The largest absolute Gasteiger partial charge is 0.390 e. The van der Waals surface area contributed by atoms with Crippen molar-refractivity contribution in [2.75, 3.05) is 0 Å². The van der Waals surface area contributed by atoms with Crippen molar-refractivity contribution >= 4 is 28.4 Å². The number of nitrogens with zero attached hydrogens (tertiary/aromatic N) is 3. The van der Waals surface area contributed by atoms with Gasteiger partial charge in [0.25, 0.3) is 5.56 Å². The number of halogens is 1. The molecule has 36 heavy (non-hydrogen) atoms. The average Bonchev–Trinajstić information content (AvgIpc) is 2.86. The standard InChI is InChI=1S/C28H26ClN3O4/c1-17-7-9-19(10-8-17)15-31-24(34)14-23(33)26(35)25(31)27-30-22-13-20(29)11-12-21(22)28(36)32(27)16-18-5-3-2-4-6-18/h2-13,23,25-26,33,35H,14-16H2,1H3. The first-order chi connectivity index (χ1) is 17.3. The maximum absolute atomic E-state index is 13.7. The molecule has 0 spiro atoms. The third-order valence-electron chi connectivity index (χ3n) is 6.63. The van der Waals surface area contributed by atoms with Gasteiger partial charge in [0.15, 0.2) is 0 Å². The molecule has 5 rings (SSSR count). The number of benzene rings is 3. The molecule has 3 atom stereocenters. The topological polar surface area (TPSA) is 95.7 Å². The van der Waals surface area contributed by atoms with E-state index in [-0.39, 0.29) is 36.8 Å². The second-order valence-corrected chi connectivity index (χ2v) is 9.66. The summed E-state index contributed by atoms with van der Waals surface area (Å²) in [5.74, 6) is -0.129. The van der Waals surface area contributed by atoms with Gasteiger partial charge in [-0.1, -0.05) is 71.8 Å². The highest BCUT2D eigenvalue weighted by molar-refractivity contribution is 6.31. The molecule has 8 heteroatoms. The Hall–Kier alpha value is -3.52. The first-order valence-corrected chi connectivity index (χ1v) is 12.1. The predicted octanol–water partition coefficient (Wildman–Crippen LogP) is 3.60. The van der Waals surface area contributed by atoms with Crippen molar-refractivity contribution in [2.24, 2.45) is 0 Å². The summed E-state index contributed by atoms with van der Waals surface area (Å²) in [5.41, 5.74) is 2.86. The number of likely N-dealkylation sites (tertiary alicyclic amines) is 1. The zero-order valence-electron chi connectivity index (χ0n) is 19.7. The molecule has 184 valence electrons. The predicted molar refractivity (Wildman–Crippen MR) is 138 cm³/mol. The third-order valence-corrected chi connectivity index (χ3v) is 6.86. The van der Waals surface area contributed by atoms with Crippen molar-refractivity contribution < 1.29 is 15.0 Å². The van der Waals surface area contributed by atoms with Crippen molar-refractivity contribution in [3.8, 4) is 0 Å². The summed E-state index contributed by atoms with van der Waals surface area (Å²) in [7, 11) is 0. The number of aromatic nitrogens is 2. The van der Waals surface area contributed by atoms with E-state index in [2.05, 4.69) is 0 Å². The number of rotatable bonds is 5. The Bertz CT molecular complexity index is 1470. The molecule has 1 fully saturated rings. The van der Waals surface area contributed by atoms with Crippen LogP contribution in [0.4, 0.5) is 0 Å². The van der Waals surface area contributed by atoms with Gasteiger partial charge in [-0.3, -0.25) is 14.2 Å². The molecule has 0 radical (unpaired) electrons. The van der Waals surface area contributed by atoms with E-state index in [1.807, 2.05) is 61.5 Å². The minimum Gasteiger partial charge on any atom is -0.390 e. The Morgan fingerprint density at radius 1 is 0.944 bits per heavy atom. The lowest BCUT2D eigenvalue weighted by Gasteiger charge is -2.41. The molecule has 0 bridgehead atoms.